The van der Waals surface area contributed by atoms with Gasteiger partial charge < -0.3 is 4.48 Å². The standard InChI is InChI=1S/C30H61NO2P/c1-6-8-9-10-11-12-13-14-15-16-17-18-19-20-21-22-23-24-25-26-27-28-29-30(7-2,34(32)33)31(3,4)5/h18-19H,6-17,20-29H2,1-5H3/q+1. The molecule has 0 radical (unpaired) electrons. The number of hydrogen-bond donors (Lipinski definition) is 0. The molecular formula is C30H61NO2P+. The molecule has 0 aliphatic heterocycles. The molecule has 1 atom stereocenters. The van der Waals surface area contributed by atoms with E-state index in [0.29, 0.717) is 10.9 Å². The van der Waals surface area contributed by atoms with E-state index >= 15 is 0 Å². The van der Waals surface area contributed by atoms with Crippen LogP contribution in [-0.2, 0) is 9.13 Å². The van der Waals surface area contributed by atoms with Crippen molar-refractivity contribution in [2.75, 3.05) is 21.1 Å². The summed E-state index contributed by atoms with van der Waals surface area (Å²) in [5.41, 5.74) is 0. The Morgan fingerprint density at radius 1 is 0.559 bits per heavy atom. The van der Waals surface area contributed by atoms with E-state index in [0.717, 1.165) is 19.3 Å². The summed E-state index contributed by atoms with van der Waals surface area (Å²) < 4.78 is 24.4. The number of nitrogens with zero attached hydrogens (tertiary/aromatic N) is 1. The molecular weight excluding hydrogens is 437 g/mol. The fraction of sp³-hybridized carbons (Fsp3) is 0.933. The molecule has 0 aromatic heterocycles. The maximum Gasteiger partial charge on any atom is 0.378 e. The van der Waals surface area contributed by atoms with Crippen LogP contribution in [0.25, 0.3) is 0 Å². The fourth-order valence-corrected chi connectivity index (χ4v) is 6.26. The van der Waals surface area contributed by atoms with Crippen LogP contribution in [0.4, 0.5) is 0 Å². The van der Waals surface area contributed by atoms with Crippen molar-refractivity contribution in [1.29, 1.82) is 0 Å². The van der Waals surface area contributed by atoms with E-state index in [9.17, 15) is 9.13 Å². The zero-order valence-electron chi connectivity index (χ0n) is 23.9. The third kappa shape index (κ3) is 16.3. The highest BCUT2D eigenvalue weighted by Gasteiger charge is 2.46. The van der Waals surface area contributed by atoms with Crippen LogP contribution in [0.5, 0.6) is 0 Å². The average molecular weight is 499 g/mol. The van der Waals surface area contributed by atoms with E-state index < -0.39 is 13.0 Å². The molecule has 0 saturated carbocycles. The van der Waals surface area contributed by atoms with Crippen LogP contribution in [0.2, 0.25) is 0 Å². The first-order valence-electron chi connectivity index (χ1n) is 14.9. The second-order valence-corrected chi connectivity index (χ2v) is 12.8. The third-order valence-electron chi connectivity index (χ3n) is 7.74. The Kier molecular flexibility index (Phi) is 21.6. The number of unbranched alkanes of at least 4 members (excludes halogenated alkanes) is 18. The largest absolute Gasteiger partial charge is 0.378 e. The zero-order chi connectivity index (χ0) is 25.5. The van der Waals surface area contributed by atoms with Gasteiger partial charge in [-0.2, -0.15) is 0 Å². The highest BCUT2D eigenvalue weighted by molar-refractivity contribution is 7.32. The van der Waals surface area contributed by atoms with Gasteiger partial charge in [0.15, 0.2) is 0 Å². The predicted octanol–water partition coefficient (Wildman–Crippen LogP) is 10.7. The van der Waals surface area contributed by atoms with Crippen molar-refractivity contribution in [3.8, 4) is 0 Å². The van der Waals surface area contributed by atoms with Crippen LogP contribution in [0, 0.1) is 0 Å². The molecule has 3 nitrogen and oxygen atoms in total. The molecule has 0 amide bonds. The molecule has 34 heavy (non-hydrogen) atoms. The van der Waals surface area contributed by atoms with Gasteiger partial charge in [0, 0.05) is 12.8 Å². The summed E-state index contributed by atoms with van der Waals surface area (Å²) in [6, 6.07) is 0. The molecule has 0 aromatic carbocycles. The summed E-state index contributed by atoms with van der Waals surface area (Å²) in [5.74, 6) is 0. The number of quaternary nitrogens is 1. The summed E-state index contributed by atoms with van der Waals surface area (Å²) in [7, 11) is 3.63. The maximum atomic E-state index is 12.0. The van der Waals surface area contributed by atoms with Gasteiger partial charge >= 0.3 is 7.68 Å². The lowest BCUT2D eigenvalue weighted by Gasteiger charge is -2.40. The van der Waals surface area contributed by atoms with Gasteiger partial charge in [0.25, 0.3) is 0 Å². The van der Waals surface area contributed by atoms with Crippen molar-refractivity contribution in [2.45, 2.75) is 160 Å². The van der Waals surface area contributed by atoms with Gasteiger partial charge in [-0.25, -0.2) is 9.13 Å². The summed E-state index contributed by atoms with van der Waals surface area (Å²) in [6.07, 6.45) is 33.1. The predicted molar refractivity (Wildman–Crippen MR) is 151 cm³/mol. The van der Waals surface area contributed by atoms with Gasteiger partial charge in [0.1, 0.15) is 0 Å². The van der Waals surface area contributed by atoms with E-state index in [2.05, 4.69) is 19.1 Å². The lowest BCUT2D eigenvalue weighted by molar-refractivity contribution is -0.908. The molecule has 0 bridgehead atoms. The Morgan fingerprint density at radius 2 is 0.912 bits per heavy atom. The molecule has 0 aromatic rings. The molecule has 0 aliphatic carbocycles. The molecule has 202 valence electrons. The van der Waals surface area contributed by atoms with E-state index in [1.54, 1.807) is 0 Å². The first-order chi connectivity index (χ1) is 16.3. The van der Waals surface area contributed by atoms with E-state index in [1.807, 2.05) is 28.1 Å². The van der Waals surface area contributed by atoms with Crippen LogP contribution >= 0.6 is 7.68 Å². The second kappa shape index (κ2) is 21.8. The van der Waals surface area contributed by atoms with E-state index in [-0.39, 0.29) is 0 Å². The van der Waals surface area contributed by atoms with Crippen LogP contribution in [0.1, 0.15) is 155 Å². The topological polar surface area (TPSA) is 34.1 Å². The van der Waals surface area contributed by atoms with Gasteiger partial charge in [-0.05, 0) is 32.1 Å². The minimum absolute atomic E-state index is 0.510. The normalized spacial score (nSPS) is 14.0. The van der Waals surface area contributed by atoms with E-state index in [1.165, 1.54) is 116 Å². The highest BCUT2D eigenvalue weighted by atomic mass is 31.1. The van der Waals surface area contributed by atoms with Crippen LogP contribution in [0.15, 0.2) is 12.2 Å². The maximum absolute atomic E-state index is 12.0. The summed E-state index contributed by atoms with van der Waals surface area (Å²) in [5, 5.41) is -0.601. The number of allylic oxidation sites excluding steroid dienone is 2. The molecule has 0 N–H and O–H groups in total. The van der Waals surface area contributed by atoms with Crippen molar-refractivity contribution in [3.63, 3.8) is 0 Å². The Balaban J connectivity index is 3.49. The van der Waals surface area contributed by atoms with Gasteiger partial charge in [0.05, 0.1) is 21.1 Å². The molecule has 0 aliphatic rings. The highest BCUT2D eigenvalue weighted by Crippen LogP contribution is 2.43. The lowest BCUT2D eigenvalue weighted by atomic mass is 10.0. The quantitative estimate of drug-likeness (QED) is 0.0543. The van der Waals surface area contributed by atoms with Crippen LogP contribution in [-0.4, -0.2) is 30.9 Å². The van der Waals surface area contributed by atoms with Crippen molar-refractivity contribution < 1.29 is 13.6 Å². The Labute approximate surface area is 215 Å². The van der Waals surface area contributed by atoms with Crippen LogP contribution < -0.4 is 0 Å². The fourth-order valence-electron chi connectivity index (χ4n) is 5.17. The molecule has 0 spiro atoms. The molecule has 0 heterocycles. The Bertz CT molecular complexity index is 542. The van der Waals surface area contributed by atoms with Crippen molar-refractivity contribution in [2.24, 2.45) is 0 Å². The zero-order valence-corrected chi connectivity index (χ0v) is 24.8. The van der Waals surface area contributed by atoms with Crippen molar-refractivity contribution >= 4 is 7.68 Å². The van der Waals surface area contributed by atoms with Gasteiger partial charge in [-0.1, -0.05) is 122 Å². The molecule has 4 heteroatoms. The molecule has 0 saturated heterocycles. The van der Waals surface area contributed by atoms with Gasteiger partial charge in [-0.3, -0.25) is 0 Å². The summed E-state index contributed by atoms with van der Waals surface area (Å²) in [4.78, 5) is 0. The minimum Gasteiger partial charge on any atom is -0.314 e. The van der Waals surface area contributed by atoms with Gasteiger partial charge in [0.2, 0.25) is 5.28 Å². The van der Waals surface area contributed by atoms with Crippen molar-refractivity contribution in [1.82, 2.24) is 0 Å². The summed E-state index contributed by atoms with van der Waals surface area (Å²) in [6.45, 7) is 4.30. The minimum atomic E-state index is -2.42. The molecule has 0 fully saturated rings. The third-order valence-corrected chi connectivity index (χ3v) is 9.56. The SMILES string of the molecule is CCCCCCCCCCCCC=CCCCCCCCCCCC(CC)(P(=O)=O)[N+](C)(C)C. The van der Waals surface area contributed by atoms with Crippen LogP contribution in [0.3, 0.4) is 0 Å². The number of hydrogen-bond acceptors (Lipinski definition) is 2. The Morgan fingerprint density at radius 3 is 1.24 bits per heavy atom. The first-order valence-corrected chi connectivity index (χ1v) is 16.1. The molecule has 0 rings (SSSR count). The first kappa shape index (κ1) is 33.6. The van der Waals surface area contributed by atoms with Crippen molar-refractivity contribution in [3.05, 3.63) is 12.2 Å². The lowest BCUT2D eigenvalue weighted by Crippen LogP contribution is -2.53. The van der Waals surface area contributed by atoms with E-state index in [4.69, 9.17) is 0 Å². The average Bonchev–Trinajstić information content (AvgIpc) is 2.78. The summed E-state index contributed by atoms with van der Waals surface area (Å²) >= 11 is 0. The second-order valence-electron chi connectivity index (χ2n) is 11.4. The van der Waals surface area contributed by atoms with Gasteiger partial charge in [-0.15, -0.1) is 0 Å². The Hall–Kier alpha value is -0.400. The molecule has 1 unspecified atom stereocenters. The smallest absolute Gasteiger partial charge is 0.314 e. The monoisotopic (exact) mass is 498 g/mol. The number of rotatable bonds is 25.